The van der Waals surface area contributed by atoms with E-state index in [2.05, 4.69) is 15.2 Å². The fourth-order valence-electron chi connectivity index (χ4n) is 2.50. The first-order chi connectivity index (χ1) is 12.6. The number of nitrogens with zero attached hydrogens (tertiary/aromatic N) is 4. The lowest BCUT2D eigenvalue weighted by Gasteiger charge is -2.23. The zero-order valence-corrected chi connectivity index (χ0v) is 15.7. The third-order valence-corrected chi connectivity index (χ3v) is 4.99. The van der Waals surface area contributed by atoms with Crippen LogP contribution in [0.1, 0.15) is 35.3 Å². The second kappa shape index (κ2) is 8.05. The summed E-state index contributed by atoms with van der Waals surface area (Å²) in [5.74, 6) is 0.425. The van der Waals surface area contributed by atoms with E-state index in [4.69, 9.17) is 4.74 Å². The second-order valence-electron chi connectivity index (χ2n) is 5.73. The summed E-state index contributed by atoms with van der Waals surface area (Å²) in [6.07, 6.45) is 1.75. The average molecular weight is 368 g/mol. The van der Waals surface area contributed by atoms with Gasteiger partial charge in [0.25, 0.3) is 5.91 Å². The summed E-state index contributed by atoms with van der Waals surface area (Å²) in [4.78, 5) is 18.8. The Hall–Kier alpha value is -2.80. The molecule has 3 aromatic rings. The maximum absolute atomic E-state index is 12.9. The number of hydrogen-bond donors (Lipinski definition) is 0. The predicted molar refractivity (Wildman–Crippen MR) is 101 cm³/mol. The Balaban J connectivity index is 1.81. The van der Waals surface area contributed by atoms with Crippen LogP contribution in [0.2, 0.25) is 0 Å². The Morgan fingerprint density at radius 1 is 1.27 bits per heavy atom. The van der Waals surface area contributed by atoms with Gasteiger partial charge < -0.3 is 9.64 Å². The van der Waals surface area contributed by atoms with Gasteiger partial charge in [0, 0.05) is 35.8 Å². The molecule has 1 unspecified atom stereocenters. The highest BCUT2D eigenvalue weighted by Gasteiger charge is 2.21. The van der Waals surface area contributed by atoms with Gasteiger partial charge in [-0.1, -0.05) is 12.1 Å². The van der Waals surface area contributed by atoms with Crippen molar-refractivity contribution < 1.29 is 9.53 Å². The summed E-state index contributed by atoms with van der Waals surface area (Å²) in [6.45, 7) is 4.41. The van der Waals surface area contributed by atoms with E-state index in [0.717, 1.165) is 10.6 Å². The molecule has 0 aliphatic carbocycles. The Morgan fingerprint density at radius 3 is 2.77 bits per heavy atom. The van der Waals surface area contributed by atoms with E-state index >= 15 is 0 Å². The van der Waals surface area contributed by atoms with Gasteiger partial charge in [-0.15, -0.1) is 21.5 Å². The molecule has 0 N–H and O–H groups in total. The van der Waals surface area contributed by atoms with Gasteiger partial charge in [0.05, 0.1) is 18.3 Å². The molecule has 2 aromatic heterocycles. The largest absolute Gasteiger partial charge is 0.477 e. The van der Waals surface area contributed by atoms with Crippen LogP contribution in [0.5, 0.6) is 5.88 Å². The van der Waals surface area contributed by atoms with Gasteiger partial charge in [-0.25, -0.2) is 4.98 Å². The van der Waals surface area contributed by atoms with Crippen LogP contribution < -0.4 is 4.74 Å². The Labute approximate surface area is 156 Å². The number of amides is 1. The fraction of sp³-hybridized carbons (Fsp3) is 0.263. The number of rotatable bonds is 6. The molecular formula is C19H20N4O2S. The number of hydrogen-bond acceptors (Lipinski definition) is 6. The molecule has 0 aliphatic heterocycles. The summed E-state index contributed by atoms with van der Waals surface area (Å²) < 4.78 is 5.31. The van der Waals surface area contributed by atoms with Crippen LogP contribution in [0.4, 0.5) is 0 Å². The van der Waals surface area contributed by atoms with E-state index in [9.17, 15) is 4.79 Å². The minimum absolute atomic E-state index is 0.0616. The summed E-state index contributed by atoms with van der Waals surface area (Å²) in [5, 5.41) is 11.0. The normalized spacial score (nSPS) is 11.8. The summed E-state index contributed by atoms with van der Waals surface area (Å²) >= 11 is 1.54. The van der Waals surface area contributed by atoms with Gasteiger partial charge in [0.15, 0.2) is 0 Å². The molecule has 1 amide bonds. The molecule has 7 heteroatoms. The molecule has 134 valence electrons. The second-order valence-corrected chi connectivity index (χ2v) is 6.66. The predicted octanol–water partition coefficient (Wildman–Crippen LogP) is 3.83. The van der Waals surface area contributed by atoms with Crippen molar-refractivity contribution in [2.75, 3.05) is 13.7 Å². The molecule has 0 radical (unpaired) electrons. The number of ether oxygens (including phenoxy) is 1. The molecular weight excluding hydrogens is 348 g/mol. The molecule has 0 aliphatic rings. The summed E-state index contributed by atoms with van der Waals surface area (Å²) in [6, 6.07) is 10.9. The van der Waals surface area contributed by atoms with Crippen molar-refractivity contribution in [3.63, 3.8) is 0 Å². The number of aromatic nitrogens is 3. The van der Waals surface area contributed by atoms with E-state index in [1.165, 1.54) is 0 Å². The van der Waals surface area contributed by atoms with Crippen LogP contribution in [0.15, 0.2) is 48.0 Å². The van der Waals surface area contributed by atoms with Crippen LogP contribution in [-0.2, 0) is 0 Å². The van der Waals surface area contributed by atoms with Crippen molar-refractivity contribution in [1.82, 2.24) is 20.1 Å². The van der Waals surface area contributed by atoms with Crippen LogP contribution in [0.25, 0.3) is 11.3 Å². The first-order valence-corrected chi connectivity index (χ1v) is 9.21. The van der Waals surface area contributed by atoms with Gasteiger partial charge in [0.2, 0.25) is 5.88 Å². The van der Waals surface area contributed by atoms with Crippen molar-refractivity contribution in [1.29, 1.82) is 0 Å². The quantitative estimate of drug-likeness (QED) is 0.661. The number of carbonyl (C=O) groups is 1. The molecule has 0 saturated carbocycles. The summed E-state index contributed by atoms with van der Waals surface area (Å²) in [5.41, 5.74) is 2.13. The minimum atomic E-state index is -0.0866. The van der Waals surface area contributed by atoms with Crippen molar-refractivity contribution in [2.45, 2.75) is 19.9 Å². The minimum Gasteiger partial charge on any atom is -0.477 e. The Morgan fingerprint density at radius 2 is 2.12 bits per heavy atom. The highest BCUT2D eigenvalue weighted by molar-refractivity contribution is 7.09. The molecule has 3 rings (SSSR count). The molecule has 0 spiro atoms. The molecule has 6 nitrogen and oxygen atoms in total. The molecule has 1 atom stereocenters. The van der Waals surface area contributed by atoms with E-state index in [1.807, 2.05) is 43.5 Å². The van der Waals surface area contributed by atoms with Crippen molar-refractivity contribution >= 4 is 17.2 Å². The van der Waals surface area contributed by atoms with Gasteiger partial charge in [-0.05, 0) is 32.0 Å². The number of carbonyl (C=O) groups excluding carboxylic acids is 1. The van der Waals surface area contributed by atoms with Crippen LogP contribution in [-0.4, -0.2) is 39.6 Å². The lowest BCUT2D eigenvalue weighted by molar-refractivity contribution is 0.0742. The van der Waals surface area contributed by atoms with Crippen LogP contribution >= 0.6 is 11.3 Å². The molecule has 2 heterocycles. The molecule has 26 heavy (non-hydrogen) atoms. The SMILES string of the molecule is CCOc1ccc(-c2cccc(C(=O)N(C)C(C)c3nccs3)c2)nn1. The van der Waals surface area contributed by atoms with Crippen molar-refractivity contribution in [3.8, 4) is 17.1 Å². The highest BCUT2D eigenvalue weighted by Crippen LogP contribution is 2.24. The molecule has 1 aromatic carbocycles. The highest BCUT2D eigenvalue weighted by atomic mass is 32.1. The van der Waals surface area contributed by atoms with Gasteiger partial charge in [-0.2, -0.15) is 0 Å². The summed E-state index contributed by atoms with van der Waals surface area (Å²) in [7, 11) is 1.79. The van der Waals surface area contributed by atoms with Gasteiger partial charge >= 0.3 is 0 Å². The van der Waals surface area contributed by atoms with E-state index in [1.54, 1.807) is 41.6 Å². The standard InChI is InChI=1S/C19H20N4O2S/c1-4-25-17-9-8-16(21-22-17)14-6-5-7-15(12-14)19(24)23(3)13(2)18-20-10-11-26-18/h5-13H,4H2,1-3H3. The van der Waals surface area contributed by atoms with E-state index in [-0.39, 0.29) is 11.9 Å². The maximum atomic E-state index is 12.9. The first kappa shape index (κ1) is 18.0. The maximum Gasteiger partial charge on any atom is 0.254 e. The zero-order chi connectivity index (χ0) is 18.5. The molecule has 0 saturated heterocycles. The lowest BCUT2D eigenvalue weighted by atomic mass is 10.1. The average Bonchev–Trinajstić information content (AvgIpc) is 3.22. The third kappa shape index (κ3) is 3.88. The van der Waals surface area contributed by atoms with E-state index in [0.29, 0.717) is 23.7 Å². The fourth-order valence-corrected chi connectivity index (χ4v) is 3.23. The smallest absolute Gasteiger partial charge is 0.254 e. The first-order valence-electron chi connectivity index (χ1n) is 8.33. The van der Waals surface area contributed by atoms with Crippen LogP contribution in [0, 0.1) is 0 Å². The topological polar surface area (TPSA) is 68.2 Å². The van der Waals surface area contributed by atoms with Crippen molar-refractivity contribution in [2.24, 2.45) is 0 Å². The lowest BCUT2D eigenvalue weighted by Crippen LogP contribution is -2.29. The molecule has 0 bridgehead atoms. The Bertz CT molecular complexity index is 866. The number of thiazole rings is 1. The monoisotopic (exact) mass is 368 g/mol. The van der Waals surface area contributed by atoms with E-state index < -0.39 is 0 Å². The third-order valence-electron chi connectivity index (χ3n) is 4.05. The van der Waals surface area contributed by atoms with Crippen molar-refractivity contribution in [3.05, 3.63) is 58.5 Å². The number of benzene rings is 1. The molecule has 0 fully saturated rings. The van der Waals surface area contributed by atoms with Gasteiger partial charge in [-0.3, -0.25) is 4.79 Å². The van der Waals surface area contributed by atoms with Gasteiger partial charge in [0.1, 0.15) is 5.01 Å². The Kier molecular flexibility index (Phi) is 5.58. The zero-order valence-electron chi connectivity index (χ0n) is 14.9. The van der Waals surface area contributed by atoms with Crippen LogP contribution in [0.3, 0.4) is 0 Å².